The van der Waals surface area contributed by atoms with Crippen molar-refractivity contribution < 1.29 is 23.1 Å². The van der Waals surface area contributed by atoms with Crippen molar-refractivity contribution in [1.82, 2.24) is 0 Å². The quantitative estimate of drug-likeness (QED) is 0.744. The molecule has 0 aromatic heterocycles. The number of rotatable bonds is 8. The molecule has 0 saturated heterocycles. The lowest BCUT2D eigenvalue weighted by Crippen LogP contribution is -2.11. The minimum atomic E-state index is -3.47. The predicted molar refractivity (Wildman–Crippen MR) is 75.9 cm³/mol. The molecule has 0 unspecified atom stereocenters. The molecule has 0 fully saturated rings. The molecule has 1 N–H and O–H groups in total. The Balaban J connectivity index is 2.95. The first-order valence-electron chi connectivity index (χ1n) is 6.59. The molecule has 0 amide bonds. The van der Waals surface area contributed by atoms with E-state index in [2.05, 4.69) is 0 Å². The second kappa shape index (κ2) is 7.40. The Bertz CT molecular complexity index is 563. The molecular weight excluding hydrogens is 280 g/mol. The van der Waals surface area contributed by atoms with Crippen molar-refractivity contribution in [2.45, 2.75) is 31.6 Å². The zero-order valence-electron chi connectivity index (χ0n) is 11.8. The predicted octanol–water partition coefficient (Wildman–Crippen LogP) is 2.15. The zero-order chi connectivity index (χ0) is 15.2. The van der Waals surface area contributed by atoms with Crippen molar-refractivity contribution in [3.05, 3.63) is 29.3 Å². The van der Waals surface area contributed by atoms with E-state index in [9.17, 15) is 13.2 Å². The van der Waals surface area contributed by atoms with Gasteiger partial charge in [-0.1, -0.05) is 13.0 Å². The highest BCUT2D eigenvalue weighted by atomic mass is 32.2. The summed E-state index contributed by atoms with van der Waals surface area (Å²) in [7, 11) is -3.47. The van der Waals surface area contributed by atoms with Gasteiger partial charge in [-0.05, 0) is 37.5 Å². The standard InChI is InChI=1S/C14H20O5S/c1-3-11-6-7-12(10-13(11)14(15)16)20(17,18)9-5-8-19-4-2/h6-7,10H,3-5,8-9H2,1-2H3,(H,15,16). The maximum Gasteiger partial charge on any atom is 0.336 e. The van der Waals surface area contributed by atoms with Gasteiger partial charge in [0.1, 0.15) is 0 Å². The van der Waals surface area contributed by atoms with Crippen molar-refractivity contribution in [3.8, 4) is 0 Å². The van der Waals surface area contributed by atoms with E-state index < -0.39 is 15.8 Å². The third-order valence-corrected chi connectivity index (χ3v) is 4.76. The Hall–Kier alpha value is -1.40. The molecule has 1 rings (SSSR count). The number of aromatic carboxylic acids is 1. The number of sulfone groups is 1. The Morgan fingerprint density at radius 1 is 1.30 bits per heavy atom. The second-order valence-electron chi connectivity index (χ2n) is 4.35. The molecule has 20 heavy (non-hydrogen) atoms. The maximum absolute atomic E-state index is 12.1. The van der Waals surface area contributed by atoms with Gasteiger partial charge >= 0.3 is 5.97 Å². The van der Waals surface area contributed by atoms with E-state index in [1.54, 1.807) is 6.07 Å². The molecule has 1 aromatic rings. The molecule has 1 aromatic carbocycles. The van der Waals surface area contributed by atoms with Crippen molar-refractivity contribution >= 4 is 15.8 Å². The molecule has 0 atom stereocenters. The summed E-state index contributed by atoms with van der Waals surface area (Å²) in [6, 6.07) is 4.29. The topological polar surface area (TPSA) is 80.7 Å². The summed E-state index contributed by atoms with van der Waals surface area (Å²) in [6.07, 6.45) is 0.945. The highest BCUT2D eigenvalue weighted by Crippen LogP contribution is 2.18. The van der Waals surface area contributed by atoms with Crippen LogP contribution in [0.3, 0.4) is 0 Å². The summed E-state index contributed by atoms with van der Waals surface area (Å²) < 4.78 is 29.3. The van der Waals surface area contributed by atoms with Crippen LogP contribution in [0, 0.1) is 0 Å². The monoisotopic (exact) mass is 300 g/mol. The van der Waals surface area contributed by atoms with Crippen LogP contribution < -0.4 is 0 Å². The number of carboxylic acids is 1. The minimum Gasteiger partial charge on any atom is -0.478 e. The lowest BCUT2D eigenvalue weighted by Gasteiger charge is -2.08. The van der Waals surface area contributed by atoms with Gasteiger partial charge in [0.15, 0.2) is 9.84 Å². The average Bonchev–Trinajstić information content (AvgIpc) is 2.42. The largest absolute Gasteiger partial charge is 0.478 e. The van der Waals surface area contributed by atoms with Crippen LogP contribution in [0.5, 0.6) is 0 Å². The van der Waals surface area contributed by atoms with Crippen molar-refractivity contribution in [3.63, 3.8) is 0 Å². The molecule has 112 valence electrons. The highest BCUT2D eigenvalue weighted by Gasteiger charge is 2.18. The number of aryl methyl sites for hydroxylation is 1. The van der Waals surface area contributed by atoms with Crippen LogP contribution in [0.1, 0.15) is 36.2 Å². The lowest BCUT2D eigenvalue weighted by atomic mass is 10.1. The smallest absolute Gasteiger partial charge is 0.336 e. The van der Waals surface area contributed by atoms with Crippen LogP contribution in [-0.4, -0.2) is 38.5 Å². The van der Waals surface area contributed by atoms with Gasteiger partial charge in [-0.3, -0.25) is 0 Å². The summed E-state index contributed by atoms with van der Waals surface area (Å²) in [6.45, 7) is 4.61. The van der Waals surface area contributed by atoms with Crippen molar-refractivity contribution in [2.24, 2.45) is 0 Å². The van der Waals surface area contributed by atoms with Crippen LogP contribution in [0.2, 0.25) is 0 Å². The first-order valence-corrected chi connectivity index (χ1v) is 8.24. The van der Waals surface area contributed by atoms with E-state index in [-0.39, 0.29) is 16.2 Å². The van der Waals surface area contributed by atoms with Crippen LogP contribution in [0.15, 0.2) is 23.1 Å². The first kappa shape index (κ1) is 16.7. The zero-order valence-corrected chi connectivity index (χ0v) is 12.6. The summed E-state index contributed by atoms with van der Waals surface area (Å²) in [5, 5.41) is 9.12. The van der Waals surface area contributed by atoms with E-state index in [0.29, 0.717) is 31.6 Å². The molecule has 0 saturated carbocycles. The number of benzene rings is 1. The molecule has 0 heterocycles. The van der Waals surface area contributed by atoms with Crippen LogP contribution in [-0.2, 0) is 21.0 Å². The second-order valence-corrected chi connectivity index (χ2v) is 6.46. The van der Waals surface area contributed by atoms with Crippen molar-refractivity contribution in [1.29, 1.82) is 0 Å². The number of hydrogen-bond acceptors (Lipinski definition) is 4. The number of hydrogen-bond donors (Lipinski definition) is 1. The normalized spacial score (nSPS) is 11.5. The maximum atomic E-state index is 12.1. The number of carboxylic acid groups (broad SMARTS) is 1. The van der Waals surface area contributed by atoms with E-state index in [4.69, 9.17) is 9.84 Å². The summed E-state index contributed by atoms with van der Waals surface area (Å²) >= 11 is 0. The van der Waals surface area contributed by atoms with E-state index in [1.165, 1.54) is 12.1 Å². The van der Waals surface area contributed by atoms with Gasteiger partial charge in [-0.15, -0.1) is 0 Å². The third kappa shape index (κ3) is 4.31. The fourth-order valence-corrected chi connectivity index (χ4v) is 3.18. The molecule has 0 aliphatic heterocycles. The number of ether oxygens (including phenoxy) is 1. The van der Waals surface area contributed by atoms with Crippen LogP contribution in [0.25, 0.3) is 0 Å². The first-order chi connectivity index (χ1) is 9.42. The van der Waals surface area contributed by atoms with E-state index in [1.807, 2.05) is 13.8 Å². The van der Waals surface area contributed by atoms with Gasteiger partial charge in [0.05, 0.1) is 16.2 Å². The van der Waals surface area contributed by atoms with E-state index in [0.717, 1.165) is 0 Å². The fraction of sp³-hybridized carbons (Fsp3) is 0.500. The third-order valence-electron chi connectivity index (χ3n) is 2.96. The summed E-state index contributed by atoms with van der Waals surface area (Å²) in [5.41, 5.74) is 0.684. The van der Waals surface area contributed by atoms with Gasteiger partial charge in [0.2, 0.25) is 0 Å². The van der Waals surface area contributed by atoms with Gasteiger partial charge < -0.3 is 9.84 Å². The molecule has 5 nitrogen and oxygen atoms in total. The molecule has 0 aliphatic rings. The number of carbonyl (C=O) groups is 1. The summed E-state index contributed by atoms with van der Waals surface area (Å²) in [5.74, 6) is -1.15. The SMILES string of the molecule is CCOCCCS(=O)(=O)c1ccc(CC)c(C(=O)O)c1. The summed E-state index contributed by atoms with van der Waals surface area (Å²) in [4.78, 5) is 11.2. The molecule has 0 bridgehead atoms. The molecular formula is C14H20O5S. The lowest BCUT2D eigenvalue weighted by molar-refractivity contribution is 0.0695. The average molecular weight is 300 g/mol. The Morgan fingerprint density at radius 3 is 2.55 bits per heavy atom. The Morgan fingerprint density at radius 2 is 2.00 bits per heavy atom. The molecule has 0 aliphatic carbocycles. The van der Waals surface area contributed by atoms with Crippen LogP contribution >= 0.6 is 0 Å². The van der Waals surface area contributed by atoms with Crippen molar-refractivity contribution in [2.75, 3.05) is 19.0 Å². The molecule has 0 radical (unpaired) electrons. The fourth-order valence-electron chi connectivity index (χ4n) is 1.87. The van der Waals surface area contributed by atoms with Gasteiger partial charge in [-0.25, -0.2) is 13.2 Å². The minimum absolute atomic E-state index is 0.0441. The molecule has 6 heteroatoms. The Kier molecular flexibility index (Phi) is 6.16. The Labute approximate surface area is 119 Å². The van der Waals surface area contributed by atoms with Crippen LogP contribution in [0.4, 0.5) is 0 Å². The molecule has 0 spiro atoms. The van der Waals surface area contributed by atoms with E-state index >= 15 is 0 Å². The van der Waals surface area contributed by atoms with Gasteiger partial charge in [0.25, 0.3) is 0 Å². The highest BCUT2D eigenvalue weighted by molar-refractivity contribution is 7.91. The van der Waals surface area contributed by atoms with Gasteiger partial charge in [-0.2, -0.15) is 0 Å². The van der Waals surface area contributed by atoms with Gasteiger partial charge in [0, 0.05) is 13.2 Å².